The second-order valence-corrected chi connectivity index (χ2v) is 7.77. The van der Waals surface area contributed by atoms with Gasteiger partial charge in [-0.1, -0.05) is 0 Å². The van der Waals surface area contributed by atoms with Gasteiger partial charge in [0.25, 0.3) is 0 Å². The van der Waals surface area contributed by atoms with Crippen LogP contribution in [0.2, 0.25) is 8.94 Å². The topological polar surface area (TPSA) is 0 Å². The van der Waals surface area contributed by atoms with Crippen LogP contribution in [-0.2, 0) is 0 Å². The van der Waals surface area contributed by atoms with E-state index >= 15 is 0 Å². The molecule has 0 rings (SSSR count). The molecule has 0 spiro atoms. The Balaban J connectivity index is 2.69. The fourth-order valence-electron chi connectivity index (χ4n) is 0.713. The Kier molecular flexibility index (Phi) is 13.0. The molecule has 0 fully saturated rings. The average molecular weight is 306 g/mol. The van der Waals surface area contributed by atoms with Crippen LogP contribution in [0.3, 0.4) is 0 Å². The molecule has 0 heterocycles. The molecule has 0 radical (unpaired) electrons. The minimum atomic E-state index is 0.415. The molecule has 0 N–H and O–H groups in total. The quantitative estimate of drug-likeness (QED) is 0.499. The van der Waals surface area contributed by atoms with E-state index in [-0.39, 0.29) is 0 Å². The third-order valence-corrected chi connectivity index (χ3v) is 5.96. The van der Waals surface area contributed by atoms with Gasteiger partial charge in [0.15, 0.2) is 0 Å². The molecule has 3 heteroatoms. The predicted molar refractivity (Wildman–Crippen MR) is 61.4 cm³/mol. The zero-order valence-corrected chi connectivity index (χ0v) is 11.4. The Morgan fingerprint density at radius 2 is 1.36 bits per heavy atom. The first kappa shape index (κ1) is 12.5. The number of rotatable bonds is 8. The predicted octanol–water partition coefficient (Wildman–Crippen LogP) is 3.03. The van der Waals surface area contributed by atoms with Gasteiger partial charge in [-0.2, -0.15) is 0 Å². The molecule has 0 aromatic carbocycles. The third-order valence-electron chi connectivity index (χ3n) is 1.27. The first-order valence-electron chi connectivity index (χ1n) is 3.97. The summed E-state index contributed by atoms with van der Waals surface area (Å²) in [6.45, 7) is 0. The van der Waals surface area contributed by atoms with E-state index in [9.17, 15) is 0 Å². The van der Waals surface area contributed by atoms with Crippen LogP contribution in [0.25, 0.3) is 0 Å². The molecule has 0 aliphatic rings. The molecular weight excluding hydrogens is 288 g/mol. The summed E-state index contributed by atoms with van der Waals surface area (Å²) in [4.78, 5) is 0. The maximum absolute atomic E-state index is 2.20. The molecule has 0 nitrogen and oxygen atoms in total. The minimum absolute atomic E-state index is 0.415. The van der Waals surface area contributed by atoms with Crippen LogP contribution in [0.1, 0.15) is 12.8 Å². The van der Waals surface area contributed by atoms with Gasteiger partial charge in [0, 0.05) is 0 Å². The summed E-state index contributed by atoms with van der Waals surface area (Å²) < 4.78 is 3.14. The van der Waals surface area contributed by atoms with E-state index in [2.05, 4.69) is 12.5 Å². The van der Waals surface area contributed by atoms with E-state index in [1.54, 1.807) is 8.94 Å². The molecule has 0 aliphatic carbocycles. The van der Waals surface area contributed by atoms with Crippen molar-refractivity contribution in [1.29, 1.82) is 0 Å². The molecule has 68 valence electrons. The summed E-state index contributed by atoms with van der Waals surface area (Å²) in [6.07, 6.45) is 7.36. The van der Waals surface area contributed by atoms with Crippen molar-refractivity contribution in [2.45, 2.75) is 21.8 Å². The van der Waals surface area contributed by atoms with Crippen molar-refractivity contribution in [3.8, 4) is 0 Å². The molecule has 0 saturated heterocycles. The van der Waals surface area contributed by atoms with E-state index in [0.29, 0.717) is 20.9 Å². The maximum atomic E-state index is 2.20. The van der Waals surface area contributed by atoms with Crippen molar-refractivity contribution in [1.82, 2.24) is 0 Å². The van der Waals surface area contributed by atoms with Crippen LogP contribution in [0.15, 0.2) is 0 Å². The first-order valence-corrected chi connectivity index (χ1v) is 10.1. The SMILES string of the molecule is CSCCC[Te]CCCSC. The summed E-state index contributed by atoms with van der Waals surface area (Å²) in [5, 5.41) is 0. The molecule has 0 unspecified atom stereocenters. The van der Waals surface area contributed by atoms with Crippen LogP contribution in [-0.4, -0.2) is 44.9 Å². The summed E-state index contributed by atoms with van der Waals surface area (Å²) in [7, 11) is 0. The van der Waals surface area contributed by atoms with Gasteiger partial charge in [-0.05, 0) is 0 Å². The normalized spacial score (nSPS) is 10.4. The molecule has 0 bridgehead atoms. The number of hydrogen-bond donors (Lipinski definition) is 0. The van der Waals surface area contributed by atoms with Crippen molar-refractivity contribution < 1.29 is 0 Å². The number of hydrogen-bond acceptors (Lipinski definition) is 2. The van der Waals surface area contributed by atoms with Crippen molar-refractivity contribution in [2.75, 3.05) is 24.0 Å². The van der Waals surface area contributed by atoms with Crippen LogP contribution < -0.4 is 0 Å². The molecule has 0 aromatic rings. The Morgan fingerprint density at radius 1 is 0.909 bits per heavy atom. The van der Waals surface area contributed by atoms with Crippen molar-refractivity contribution in [3.63, 3.8) is 0 Å². The van der Waals surface area contributed by atoms with E-state index < -0.39 is 0 Å². The molecule has 0 aromatic heterocycles. The van der Waals surface area contributed by atoms with Crippen LogP contribution >= 0.6 is 23.5 Å². The van der Waals surface area contributed by atoms with E-state index in [1.807, 2.05) is 23.5 Å². The zero-order valence-electron chi connectivity index (χ0n) is 7.47. The van der Waals surface area contributed by atoms with E-state index in [4.69, 9.17) is 0 Å². The monoisotopic (exact) mass is 308 g/mol. The van der Waals surface area contributed by atoms with E-state index in [0.717, 1.165) is 0 Å². The Morgan fingerprint density at radius 3 is 1.73 bits per heavy atom. The number of thioether (sulfide) groups is 2. The van der Waals surface area contributed by atoms with Gasteiger partial charge in [0.05, 0.1) is 0 Å². The van der Waals surface area contributed by atoms with Gasteiger partial charge >= 0.3 is 90.2 Å². The van der Waals surface area contributed by atoms with Crippen molar-refractivity contribution in [3.05, 3.63) is 0 Å². The molecule has 0 saturated carbocycles. The fraction of sp³-hybridized carbons (Fsp3) is 1.00. The molecule has 11 heavy (non-hydrogen) atoms. The third kappa shape index (κ3) is 11.5. The zero-order chi connectivity index (χ0) is 8.36. The fourth-order valence-corrected chi connectivity index (χ4v) is 5.29. The molecule has 0 amide bonds. The summed E-state index contributed by atoms with van der Waals surface area (Å²) >= 11 is 4.39. The van der Waals surface area contributed by atoms with Crippen molar-refractivity contribution in [2.24, 2.45) is 0 Å². The second-order valence-electron chi connectivity index (χ2n) is 2.31. The molecular formula is C8H18S2Te. The summed E-state index contributed by atoms with van der Waals surface area (Å²) in [5.41, 5.74) is 0. The summed E-state index contributed by atoms with van der Waals surface area (Å²) in [5.74, 6) is 2.76. The second kappa shape index (κ2) is 11.5. The Labute approximate surface area is 89.7 Å². The van der Waals surface area contributed by atoms with Gasteiger partial charge in [0.1, 0.15) is 0 Å². The Hall–Kier alpha value is 1.49. The average Bonchev–Trinajstić information content (AvgIpc) is 2.03. The standard InChI is InChI=1S/C8H18S2Te/c1-9-5-3-7-11-8-4-6-10-2/h3-8H2,1-2H3. The Bertz CT molecular complexity index is 61.1. The first-order chi connectivity index (χ1) is 5.41. The summed E-state index contributed by atoms with van der Waals surface area (Å²) in [6, 6.07) is 0. The van der Waals surface area contributed by atoms with Gasteiger partial charge < -0.3 is 0 Å². The van der Waals surface area contributed by atoms with Crippen LogP contribution in [0.5, 0.6) is 0 Å². The van der Waals surface area contributed by atoms with Gasteiger partial charge in [-0.25, -0.2) is 0 Å². The molecule has 0 aliphatic heterocycles. The van der Waals surface area contributed by atoms with Gasteiger partial charge in [0.2, 0.25) is 0 Å². The van der Waals surface area contributed by atoms with Gasteiger partial charge in [-0.15, -0.1) is 0 Å². The van der Waals surface area contributed by atoms with E-state index in [1.165, 1.54) is 24.3 Å². The van der Waals surface area contributed by atoms with Crippen LogP contribution in [0, 0.1) is 0 Å². The van der Waals surface area contributed by atoms with Crippen molar-refractivity contribution >= 4 is 44.4 Å². The van der Waals surface area contributed by atoms with Gasteiger partial charge in [-0.3, -0.25) is 0 Å². The molecule has 0 atom stereocenters. The van der Waals surface area contributed by atoms with Crippen LogP contribution in [0.4, 0.5) is 0 Å².